The number of hydrogen-bond donors (Lipinski definition) is 1. The highest BCUT2D eigenvalue weighted by atomic mass is 79.9. The first-order valence-corrected chi connectivity index (χ1v) is 10.4. The summed E-state index contributed by atoms with van der Waals surface area (Å²) >= 11 is 4.90. The van der Waals surface area contributed by atoms with Gasteiger partial charge in [-0.25, -0.2) is 4.39 Å². The van der Waals surface area contributed by atoms with Crippen molar-refractivity contribution >= 4 is 39.5 Å². The SMILES string of the molecule is CNC(=O)[C@@H](C)N(Cc1ccc(F)cc1)C(=O)CSCc1ccc(Br)cc1. The zero-order valence-electron chi connectivity index (χ0n) is 15.2. The third kappa shape index (κ3) is 6.66. The van der Waals surface area contributed by atoms with E-state index in [9.17, 15) is 14.0 Å². The predicted molar refractivity (Wildman–Crippen MR) is 111 cm³/mol. The van der Waals surface area contributed by atoms with Crippen molar-refractivity contribution in [3.05, 3.63) is 69.9 Å². The van der Waals surface area contributed by atoms with Gasteiger partial charge in [-0.1, -0.05) is 40.2 Å². The first-order valence-electron chi connectivity index (χ1n) is 8.48. The van der Waals surface area contributed by atoms with Crippen LogP contribution in [0.1, 0.15) is 18.1 Å². The van der Waals surface area contributed by atoms with Gasteiger partial charge in [0, 0.05) is 23.8 Å². The van der Waals surface area contributed by atoms with E-state index < -0.39 is 6.04 Å². The number of thioether (sulfide) groups is 1. The van der Waals surface area contributed by atoms with Crippen LogP contribution in [0.25, 0.3) is 0 Å². The number of nitrogens with one attached hydrogen (secondary N) is 1. The van der Waals surface area contributed by atoms with E-state index in [-0.39, 0.29) is 29.9 Å². The lowest BCUT2D eigenvalue weighted by molar-refractivity contribution is -0.138. The van der Waals surface area contributed by atoms with Gasteiger partial charge in [-0.15, -0.1) is 11.8 Å². The molecule has 0 radical (unpaired) electrons. The van der Waals surface area contributed by atoms with Crippen LogP contribution in [0.15, 0.2) is 53.0 Å². The van der Waals surface area contributed by atoms with E-state index in [0.717, 1.165) is 15.6 Å². The molecule has 0 aliphatic rings. The highest BCUT2D eigenvalue weighted by Gasteiger charge is 2.25. The van der Waals surface area contributed by atoms with Crippen LogP contribution in [0.4, 0.5) is 4.39 Å². The van der Waals surface area contributed by atoms with Crippen molar-refractivity contribution < 1.29 is 14.0 Å². The van der Waals surface area contributed by atoms with Gasteiger partial charge in [0.2, 0.25) is 11.8 Å². The van der Waals surface area contributed by atoms with Gasteiger partial charge in [0.1, 0.15) is 11.9 Å². The summed E-state index contributed by atoms with van der Waals surface area (Å²) in [5.41, 5.74) is 1.90. The molecule has 0 aliphatic heterocycles. The Morgan fingerprint density at radius 1 is 1.11 bits per heavy atom. The number of amides is 2. The van der Waals surface area contributed by atoms with Gasteiger partial charge >= 0.3 is 0 Å². The number of hydrogen-bond acceptors (Lipinski definition) is 3. The molecule has 0 spiro atoms. The van der Waals surface area contributed by atoms with Crippen molar-refractivity contribution in [2.45, 2.75) is 25.3 Å². The van der Waals surface area contributed by atoms with Crippen LogP contribution in [0.2, 0.25) is 0 Å². The molecule has 2 aromatic rings. The van der Waals surface area contributed by atoms with Crippen LogP contribution in [-0.2, 0) is 21.9 Å². The van der Waals surface area contributed by atoms with Crippen LogP contribution in [-0.4, -0.2) is 35.6 Å². The largest absolute Gasteiger partial charge is 0.357 e. The topological polar surface area (TPSA) is 49.4 Å². The van der Waals surface area contributed by atoms with E-state index in [1.54, 1.807) is 26.1 Å². The number of nitrogens with zero attached hydrogens (tertiary/aromatic N) is 1. The summed E-state index contributed by atoms with van der Waals surface area (Å²) in [4.78, 5) is 26.3. The molecular formula is C20H22BrFN2O2S. The van der Waals surface area contributed by atoms with Crippen LogP contribution < -0.4 is 5.32 Å². The second kappa shape index (κ2) is 10.5. The Hall–Kier alpha value is -1.86. The maximum Gasteiger partial charge on any atom is 0.242 e. The van der Waals surface area contributed by atoms with E-state index in [0.29, 0.717) is 5.75 Å². The molecule has 1 N–H and O–H groups in total. The first kappa shape index (κ1) is 21.4. The van der Waals surface area contributed by atoms with Gasteiger partial charge in [-0.3, -0.25) is 9.59 Å². The van der Waals surface area contributed by atoms with Crippen LogP contribution >= 0.6 is 27.7 Å². The molecule has 4 nitrogen and oxygen atoms in total. The number of rotatable bonds is 8. The van der Waals surface area contributed by atoms with Crippen molar-refractivity contribution in [3.63, 3.8) is 0 Å². The molecule has 1 atom stereocenters. The van der Waals surface area contributed by atoms with Gasteiger partial charge in [0.05, 0.1) is 5.75 Å². The van der Waals surface area contributed by atoms with Crippen molar-refractivity contribution in [1.29, 1.82) is 0 Å². The molecule has 0 unspecified atom stereocenters. The fraction of sp³-hybridized carbons (Fsp3) is 0.300. The predicted octanol–water partition coefficient (Wildman–Crippen LogP) is 3.98. The molecular weight excluding hydrogens is 431 g/mol. The van der Waals surface area contributed by atoms with Crippen LogP contribution in [0.5, 0.6) is 0 Å². The Morgan fingerprint density at radius 2 is 1.70 bits per heavy atom. The second-order valence-electron chi connectivity index (χ2n) is 6.06. The second-order valence-corrected chi connectivity index (χ2v) is 7.96. The summed E-state index contributed by atoms with van der Waals surface area (Å²) in [6.07, 6.45) is 0. The van der Waals surface area contributed by atoms with Gasteiger partial charge in [0.15, 0.2) is 0 Å². The Morgan fingerprint density at radius 3 is 2.30 bits per heavy atom. The molecule has 2 rings (SSSR count). The molecule has 2 amide bonds. The van der Waals surface area contributed by atoms with Crippen molar-refractivity contribution in [2.24, 2.45) is 0 Å². The summed E-state index contributed by atoms with van der Waals surface area (Å²) in [6.45, 7) is 1.95. The van der Waals surface area contributed by atoms with Gasteiger partial charge in [-0.2, -0.15) is 0 Å². The summed E-state index contributed by atoms with van der Waals surface area (Å²) in [6, 6.07) is 13.3. The lowest BCUT2D eigenvalue weighted by Crippen LogP contribution is -2.47. The summed E-state index contributed by atoms with van der Waals surface area (Å²) in [5.74, 6) is 0.276. The fourth-order valence-electron chi connectivity index (χ4n) is 2.50. The van der Waals surface area contributed by atoms with Crippen molar-refractivity contribution in [1.82, 2.24) is 10.2 Å². The standard InChI is InChI=1S/C20H22BrFN2O2S/c1-14(20(26)23-2)24(11-15-5-9-18(22)10-6-15)19(25)13-27-12-16-3-7-17(21)8-4-16/h3-10,14H,11-13H2,1-2H3,(H,23,26)/t14-/m1/s1. The molecule has 144 valence electrons. The lowest BCUT2D eigenvalue weighted by Gasteiger charge is -2.28. The molecule has 0 bridgehead atoms. The minimum absolute atomic E-state index is 0.127. The quantitative estimate of drug-likeness (QED) is 0.658. The van der Waals surface area contributed by atoms with E-state index in [2.05, 4.69) is 21.2 Å². The minimum atomic E-state index is -0.610. The van der Waals surface area contributed by atoms with Gasteiger partial charge in [0.25, 0.3) is 0 Å². The van der Waals surface area contributed by atoms with Crippen LogP contribution in [0, 0.1) is 5.82 Å². The van der Waals surface area contributed by atoms with E-state index in [1.165, 1.54) is 28.8 Å². The Kier molecular flexibility index (Phi) is 8.31. The van der Waals surface area contributed by atoms with Crippen molar-refractivity contribution in [3.8, 4) is 0 Å². The van der Waals surface area contributed by atoms with Gasteiger partial charge in [-0.05, 0) is 42.3 Å². The first-order chi connectivity index (χ1) is 12.9. The molecule has 0 fully saturated rings. The van der Waals surface area contributed by atoms with Crippen molar-refractivity contribution in [2.75, 3.05) is 12.8 Å². The monoisotopic (exact) mass is 452 g/mol. The number of benzene rings is 2. The molecule has 0 heterocycles. The Labute approximate surface area is 171 Å². The lowest BCUT2D eigenvalue weighted by atomic mass is 10.1. The zero-order valence-corrected chi connectivity index (χ0v) is 17.6. The Bertz CT molecular complexity index is 769. The van der Waals surface area contributed by atoms with E-state index in [1.807, 2.05) is 24.3 Å². The minimum Gasteiger partial charge on any atom is -0.357 e. The van der Waals surface area contributed by atoms with Gasteiger partial charge < -0.3 is 10.2 Å². The van der Waals surface area contributed by atoms with Crippen LogP contribution in [0.3, 0.4) is 0 Å². The molecule has 2 aromatic carbocycles. The van der Waals surface area contributed by atoms with E-state index >= 15 is 0 Å². The molecule has 0 aromatic heterocycles. The number of carbonyl (C=O) groups is 2. The summed E-state index contributed by atoms with van der Waals surface area (Å²) in [7, 11) is 1.54. The maximum absolute atomic E-state index is 13.1. The highest BCUT2D eigenvalue weighted by Crippen LogP contribution is 2.18. The zero-order chi connectivity index (χ0) is 19.8. The van der Waals surface area contributed by atoms with E-state index in [4.69, 9.17) is 0 Å². The number of halogens is 2. The summed E-state index contributed by atoms with van der Waals surface area (Å²) < 4.78 is 14.1. The Balaban J connectivity index is 2.02. The molecule has 7 heteroatoms. The highest BCUT2D eigenvalue weighted by molar-refractivity contribution is 9.10. The average molecular weight is 453 g/mol. The smallest absolute Gasteiger partial charge is 0.242 e. The number of likely N-dealkylation sites (N-methyl/N-ethyl adjacent to an activating group) is 1. The third-order valence-electron chi connectivity index (χ3n) is 4.09. The summed E-state index contributed by atoms with van der Waals surface area (Å²) in [5, 5.41) is 2.58. The normalized spacial score (nSPS) is 11.7. The fourth-order valence-corrected chi connectivity index (χ4v) is 3.63. The number of carbonyl (C=O) groups excluding carboxylic acids is 2. The average Bonchev–Trinajstić information content (AvgIpc) is 2.67. The molecule has 0 saturated heterocycles. The maximum atomic E-state index is 13.1. The molecule has 0 aliphatic carbocycles. The molecule has 0 saturated carbocycles. The third-order valence-corrected chi connectivity index (χ3v) is 5.60. The molecule has 27 heavy (non-hydrogen) atoms.